The lowest BCUT2D eigenvalue weighted by Crippen LogP contribution is -2.52. The molecule has 6 nitrogen and oxygen atoms in total. The van der Waals surface area contributed by atoms with Crippen molar-refractivity contribution in [2.45, 2.75) is 43.7 Å². The maximum atomic E-state index is 13.6. The van der Waals surface area contributed by atoms with Crippen LogP contribution in [-0.4, -0.2) is 44.9 Å². The molecule has 164 valence electrons. The Hall–Kier alpha value is -3.41. The lowest BCUT2D eigenvalue weighted by atomic mass is 9.79. The van der Waals surface area contributed by atoms with Crippen molar-refractivity contribution in [2.75, 3.05) is 13.1 Å². The van der Waals surface area contributed by atoms with Gasteiger partial charge in [0.05, 0.1) is 11.9 Å². The second-order valence-corrected chi connectivity index (χ2v) is 9.00. The first-order valence-electron chi connectivity index (χ1n) is 11.3. The predicted molar refractivity (Wildman–Crippen MR) is 122 cm³/mol. The lowest BCUT2D eigenvalue weighted by molar-refractivity contribution is -0.122. The minimum absolute atomic E-state index is 0.0220. The third-order valence-corrected chi connectivity index (χ3v) is 6.80. The molecule has 2 aromatic carbocycles. The number of amides is 2. The number of benzene rings is 2. The monoisotopic (exact) mass is 428 g/mol. The van der Waals surface area contributed by atoms with E-state index >= 15 is 0 Å². The number of nitrogens with one attached hydrogen (secondary N) is 1. The number of hydrogen-bond donors (Lipinski definition) is 1. The van der Waals surface area contributed by atoms with E-state index in [9.17, 15) is 9.59 Å². The summed E-state index contributed by atoms with van der Waals surface area (Å²) in [5.74, 6) is 0.206. The van der Waals surface area contributed by atoms with Crippen molar-refractivity contribution in [3.8, 4) is 0 Å². The molecule has 3 heterocycles. The van der Waals surface area contributed by atoms with Gasteiger partial charge >= 0.3 is 0 Å². The fourth-order valence-electron chi connectivity index (χ4n) is 5.26. The van der Waals surface area contributed by atoms with E-state index in [0.717, 1.165) is 24.8 Å². The van der Waals surface area contributed by atoms with Crippen LogP contribution in [-0.2, 0) is 11.3 Å². The van der Waals surface area contributed by atoms with Gasteiger partial charge in [-0.25, -0.2) is 4.98 Å². The van der Waals surface area contributed by atoms with Crippen molar-refractivity contribution in [1.29, 1.82) is 0 Å². The Kier molecular flexibility index (Phi) is 5.52. The smallest absolute Gasteiger partial charge is 0.253 e. The lowest BCUT2D eigenvalue weighted by Gasteiger charge is -2.34. The van der Waals surface area contributed by atoms with Gasteiger partial charge in [-0.1, -0.05) is 48.9 Å². The third-order valence-electron chi connectivity index (χ3n) is 6.80. The van der Waals surface area contributed by atoms with Gasteiger partial charge < -0.3 is 14.8 Å². The molecule has 1 aromatic heterocycles. The van der Waals surface area contributed by atoms with Crippen LogP contribution in [0.5, 0.6) is 0 Å². The number of rotatable bonds is 4. The summed E-state index contributed by atoms with van der Waals surface area (Å²) < 4.78 is 1.99. The molecular formula is C26H28N4O2. The van der Waals surface area contributed by atoms with Gasteiger partial charge in [0.2, 0.25) is 5.91 Å². The number of hydrogen-bond acceptors (Lipinski definition) is 3. The summed E-state index contributed by atoms with van der Waals surface area (Å²) in [7, 11) is 0. The summed E-state index contributed by atoms with van der Waals surface area (Å²) in [6.07, 6.45) is 8.79. The Morgan fingerprint density at radius 1 is 1.12 bits per heavy atom. The van der Waals surface area contributed by atoms with E-state index in [1.807, 2.05) is 58.1 Å². The van der Waals surface area contributed by atoms with Gasteiger partial charge in [0.25, 0.3) is 5.91 Å². The van der Waals surface area contributed by atoms with E-state index in [-0.39, 0.29) is 17.7 Å². The molecule has 2 fully saturated rings. The zero-order valence-corrected chi connectivity index (χ0v) is 18.1. The van der Waals surface area contributed by atoms with Crippen molar-refractivity contribution in [2.24, 2.45) is 0 Å². The number of aromatic nitrogens is 2. The maximum absolute atomic E-state index is 13.6. The van der Waals surface area contributed by atoms with Gasteiger partial charge in [0.15, 0.2) is 0 Å². The van der Waals surface area contributed by atoms with E-state index < -0.39 is 5.54 Å². The van der Waals surface area contributed by atoms with Gasteiger partial charge in [-0.3, -0.25) is 9.59 Å². The van der Waals surface area contributed by atoms with Crippen molar-refractivity contribution >= 4 is 11.8 Å². The number of nitrogens with zero attached hydrogens (tertiary/aromatic N) is 3. The van der Waals surface area contributed by atoms with E-state index in [1.54, 1.807) is 12.5 Å². The molecule has 6 heteroatoms. The number of carbonyl (C=O) groups is 2. The molecular weight excluding hydrogens is 400 g/mol. The first-order valence-corrected chi connectivity index (χ1v) is 11.3. The molecule has 2 saturated heterocycles. The van der Waals surface area contributed by atoms with Crippen LogP contribution in [0.1, 0.15) is 53.1 Å². The van der Waals surface area contributed by atoms with E-state index in [1.165, 1.54) is 5.56 Å². The van der Waals surface area contributed by atoms with Crippen LogP contribution in [0.3, 0.4) is 0 Å². The van der Waals surface area contributed by atoms with Crippen LogP contribution in [0.25, 0.3) is 0 Å². The predicted octanol–water partition coefficient (Wildman–Crippen LogP) is 3.60. The number of likely N-dealkylation sites (tertiary alicyclic amines) is 1. The highest BCUT2D eigenvalue weighted by molar-refractivity contribution is 5.95. The zero-order valence-electron chi connectivity index (χ0n) is 18.1. The summed E-state index contributed by atoms with van der Waals surface area (Å²) >= 11 is 0. The SMILES string of the molecule is O=C1CCCC[C@]2(CN(C(=O)c3cccc(Cn4ccnc4)c3)C[C@H]2c2ccccc2)N1. The molecule has 2 atom stereocenters. The fraction of sp³-hybridized carbons (Fsp3) is 0.346. The number of carbonyl (C=O) groups excluding carboxylic acids is 2. The van der Waals surface area contributed by atoms with E-state index in [0.29, 0.717) is 31.6 Å². The molecule has 0 unspecified atom stereocenters. The van der Waals surface area contributed by atoms with E-state index in [4.69, 9.17) is 0 Å². The standard InChI is InChI=1S/C26H28N4O2/c31-24-11-4-5-12-26(28-24)18-30(17-23(26)21-8-2-1-3-9-21)25(32)22-10-6-7-20(15-22)16-29-14-13-27-19-29/h1-3,6-10,13-15,19,23H,4-5,11-12,16-18H2,(H,28,31)/t23-,26+/m0/s1. The van der Waals surface area contributed by atoms with Crippen molar-refractivity contribution < 1.29 is 9.59 Å². The average Bonchev–Trinajstić information content (AvgIpc) is 3.40. The highest BCUT2D eigenvalue weighted by Crippen LogP contribution is 2.41. The van der Waals surface area contributed by atoms with Crippen LogP contribution in [0.4, 0.5) is 0 Å². The molecule has 0 radical (unpaired) electrons. The molecule has 2 amide bonds. The highest BCUT2D eigenvalue weighted by Gasteiger charge is 2.49. The van der Waals surface area contributed by atoms with Crippen molar-refractivity contribution in [3.05, 3.63) is 90.0 Å². The Morgan fingerprint density at radius 3 is 2.81 bits per heavy atom. The zero-order chi connectivity index (χ0) is 22.0. The van der Waals surface area contributed by atoms with Crippen LogP contribution in [0.15, 0.2) is 73.3 Å². The van der Waals surface area contributed by atoms with Gasteiger partial charge in [0.1, 0.15) is 0 Å². The second kappa shape index (κ2) is 8.61. The first-order chi connectivity index (χ1) is 15.6. The minimum atomic E-state index is -0.404. The van der Waals surface area contributed by atoms with Crippen molar-refractivity contribution in [3.63, 3.8) is 0 Å². The third kappa shape index (κ3) is 4.05. The maximum Gasteiger partial charge on any atom is 0.253 e. The van der Waals surface area contributed by atoms with Crippen LogP contribution in [0, 0.1) is 0 Å². The molecule has 5 rings (SSSR count). The van der Waals surface area contributed by atoms with Crippen molar-refractivity contribution in [1.82, 2.24) is 19.8 Å². The molecule has 1 spiro atoms. The van der Waals surface area contributed by atoms with Crippen LogP contribution >= 0.6 is 0 Å². The molecule has 32 heavy (non-hydrogen) atoms. The molecule has 2 aliphatic rings. The Balaban J connectivity index is 1.42. The molecule has 0 saturated carbocycles. The first kappa shape index (κ1) is 20.5. The largest absolute Gasteiger partial charge is 0.348 e. The molecule has 1 N–H and O–H groups in total. The Bertz CT molecular complexity index is 1100. The summed E-state index contributed by atoms with van der Waals surface area (Å²) in [5, 5.41) is 3.34. The van der Waals surface area contributed by atoms with E-state index in [2.05, 4.69) is 22.4 Å². The second-order valence-electron chi connectivity index (χ2n) is 9.00. The highest BCUT2D eigenvalue weighted by atomic mass is 16.2. The summed E-state index contributed by atoms with van der Waals surface area (Å²) in [4.78, 5) is 32.1. The Morgan fingerprint density at radius 2 is 2.00 bits per heavy atom. The molecule has 0 bridgehead atoms. The van der Waals surface area contributed by atoms with Gasteiger partial charge in [-0.2, -0.15) is 0 Å². The summed E-state index contributed by atoms with van der Waals surface area (Å²) in [5.41, 5.74) is 2.52. The fourth-order valence-corrected chi connectivity index (χ4v) is 5.26. The molecule has 0 aliphatic carbocycles. The van der Waals surface area contributed by atoms with Crippen LogP contribution in [0.2, 0.25) is 0 Å². The molecule has 2 aliphatic heterocycles. The average molecular weight is 429 g/mol. The molecule has 3 aromatic rings. The minimum Gasteiger partial charge on any atom is -0.348 e. The van der Waals surface area contributed by atoms with Gasteiger partial charge in [0, 0.05) is 49.9 Å². The van der Waals surface area contributed by atoms with Gasteiger partial charge in [-0.15, -0.1) is 0 Å². The normalized spacial score (nSPS) is 23.2. The quantitative estimate of drug-likeness (QED) is 0.690. The summed E-state index contributed by atoms with van der Waals surface area (Å²) in [6, 6.07) is 18.1. The topological polar surface area (TPSA) is 67.2 Å². The number of imidazole rings is 1. The van der Waals surface area contributed by atoms with Crippen LogP contribution < -0.4 is 5.32 Å². The van der Waals surface area contributed by atoms with Gasteiger partial charge in [-0.05, 0) is 36.1 Å². The Labute approximate surface area is 188 Å². The summed E-state index contributed by atoms with van der Waals surface area (Å²) in [6.45, 7) is 1.82.